The zero-order valence-corrected chi connectivity index (χ0v) is 10.0. The van der Waals surface area contributed by atoms with Gasteiger partial charge in [-0.3, -0.25) is 19.7 Å². The van der Waals surface area contributed by atoms with Gasteiger partial charge in [0.05, 0.1) is 16.0 Å². The minimum Gasteiger partial charge on any atom is -0.274 e. The van der Waals surface area contributed by atoms with E-state index in [2.05, 4.69) is 0 Å². The van der Waals surface area contributed by atoms with Gasteiger partial charge in [0.25, 0.3) is 5.69 Å². The number of imide groups is 1. The molecule has 0 bridgehead atoms. The van der Waals surface area contributed by atoms with E-state index < -0.39 is 10.3 Å². The van der Waals surface area contributed by atoms with E-state index in [0.717, 1.165) is 4.90 Å². The standard InChI is InChI=1S/C12H12N2O4/c1-12(2)7-10(15)13(11(12)16)8-4-3-5-9(6-8)14(17)18/h3-6H,7H2,1-2H3. The van der Waals surface area contributed by atoms with Crippen LogP contribution >= 0.6 is 0 Å². The molecule has 1 aromatic rings. The van der Waals surface area contributed by atoms with Crippen LogP contribution in [-0.4, -0.2) is 16.7 Å². The first-order valence-electron chi connectivity index (χ1n) is 5.45. The van der Waals surface area contributed by atoms with Crippen molar-refractivity contribution >= 4 is 23.2 Å². The number of carbonyl (C=O) groups is 2. The van der Waals surface area contributed by atoms with Gasteiger partial charge in [-0.15, -0.1) is 0 Å². The van der Waals surface area contributed by atoms with E-state index in [4.69, 9.17) is 0 Å². The molecule has 1 aliphatic rings. The molecule has 0 saturated carbocycles. The van der Waals surface area contributed by atoms with Crippen LogP contribution in [0, 0.1) is 15.5 Å². The van der Waals surface area contributed by atoms with Crippen molar-refractivity contribution in [2.24, 2.45) is 5.41 Å². The molecule has 0 spiro atoms. The van der Waals surface area contributed by atoms with E-state index >= 15 is 0 Å². The number of rotatable bonds is 2. The molecule has 1 aliphatic heterocycles. The molecule has 1 aromatic carbocycles. The van der Waals surface area contributed by atoms with Crippen LogP contribution in [0.2, 0.25) is 0 Å². The Balaban J connectivity index is 2.44. The topological polar surface area (TPSA) is 80.5 Å². The molecular formula is C12H12N2O4. The molecule has 1 fully saturated rings. The number of non-ortho nitro benzene ring substituents is 1. The fourth-order valence-electron chi connectivity index (χ4n) is 1.96. The van der Waals surface area contributed by atoms with Crippen molar-refractivity contribution in [1.29, 1.82) is 0 Å². The summed E-state index contributed by atoms with van der Waals surface area (Å²) in [5.41, 5.74) is -0.635. The van der Waals surface area contributed by atoms with Crippen molar-refractivity contribution in [3.63, 3.8) is 0 Å². The van der Waals surface area contributed by atoms with Crippen molar-refractivity contribution < 1.29 is 14.5 Å². The van der Waals surface area contributed by atoms with Crippen LogP contribution in [0.15, 0.2) is 24.3 Å². The van der Waals surface area contributed by atoms with E-state index in [0.29, 0.717) is 0 Å². The van der Waals surface area contributed by atoms with Gasteiger partial charge in [-0.2, -0.15) is 0 Å². The molecule has 0 radical (unpaired) electrons. The summed E-state index contributed by atoms with van der Waals surface area (Å²) in [7, 11) is 0. The second-order valence-corrected chi connectivity index (χ2v) is 4.87. The summed E-state index contributed by atoms with van der Waals surface area (Å²) in [5.74, 6) is -0.654. The number of hydrogen-bond acceptors (Lipinski definition) is 4. The average Bonchev–Trinajstić information content (AvgIpc) is 2.48. The van der Waals surface area contributed by atoms with Gasteiger partial charge < -0.3 is 0 Å². The number of amides is 2. The smallest absolute Gasteiger partial charge is 0.271 e. The molecule has 1 saturated heterocycles. The number of anilines is 1. The average molecular weight is 248 g/mol. The fourth-order valence-corrected chi connectivity index (χ4v) is 1.96. The van der Waals surface area contributed by atoms with Crippen LogP contribution in [0.1, 0.15) is 20.3 Å². The summed E-state index contributed by atoms with van der Waals surface area (Å²) < 4.78 is 0. The molecule has 94 valence electrons. The summed E-state index contributed by atoms with van der Waals surface area (Å²) in [6, 6.07) is 5.53. The second-order valence-electron chi connectivity index (χ2n) is 4.87. The zero-order chi connectivity index (χ0) is 13.5. The Morgan fingerprint density at radius 1 is 1.33 bits per heavy atom. The first kappa shape index (κ1) is 12.2. The lowest BCUT2D eigenvalue weighted by atomic mass is 9.92. The number of hydrogen-bond donors (Lipinski definition) is 0. The highest BCUT2D eigenvalue weighted by atomic mass is 16.6. The Morgan fingerprint density at radius 2 is 2.00 bits per heavy atom. The van der Waals surface area contributed by atoms with Crippen LogP contribution in [0.3, 0.4) is 0 Å². The molecule has 1 heterocycles. The van der Waals surface area contributed by atoms with Gasteiger partial charge in [0.2, 0.25) is 11.8 Å². The maximum atomic E-state index is 12.1. The maximum Gasteiger partial charge on any atom is 0.271 e. The molecule has 0 aliphatic carbocycles. The van der Waals surface area contributed by atoms with E-state index in [-0.39, 0.29) is 29.6 Å². The van der Waals surface area contributed by atoms with Crippen molar-refractivity contribution in [2.75, 3.05) is 4.90 Å². The third-order valence-corrected chi connectivity index (χ3v) is 2.92. The number of carbonyl (C=O) groups excluding carboxylic acids is 2. The Labute approximate surface area is 103 Å². The predicted octanol–water partition coefficient (Wildman–Crippen LogP) is 1.88. The van der Waals surface area contributed by atoms with Crippen LogP contribution in [-0.2, 0) is 9.59 Å². The van der Waals surface area contributed by atoms with Gasteiger partial charge in [-0.1, -0.05) is 19.9 Å². The third kappa shape index (κ3) is 1.85. The molecule has 18 heavy (non-hydrogen) atoms. The second kappa shape index (κ2) is 3.90. The molecule has 0 N–H and O–H groups in total. The minimum atomic E-state index is -0.748. The molecule has 6 heteroatoms. The summed E-state index contributed by atoms with van der Waals surface area (Å²) >= 11 is 0. The SMILES string of the molecule is CC1(C)CC(=O)N(c2cccc([N+](=O)[O-])c2)C1=O. The van der Waals surface area contributed by atoms with Crippen molar-refractivity contribution in [3.05, 3.63) is 34.4 Å². The van der Waals surface area contributed by atoms with Crippen LogP contribution in [0.25, 0.3) is 0 Å². The Morgan fingerprint density at radius 3 is 2.50 bits per heavy atom. The van der Waals surface area contributed by atoms with Gasteiger partial charge in [-0.25, -0.2) is 4.90 Å². The first-order valence-corrected chi connectivity index (χ1v) is 5.45. The van der Waals surface area contributed by atoms with Gasteiger partial charge in [0, 0.05) is 18.6 Å². The summed E-state index contributed by atoms with van der Waals surface area (Å²) in [5, 5.41) is 10.7. The summed E-state index contributed by atoms with van der Waals surface area (Å²) in [6.07, 6.45) is 0.120. The molecule has 0 atom stereocenters. The van der Waals surface area contributed by atoms with Gasteiger partial charge in [0.15, 0.2) is 0 Å². The summed E-state index contributed by atoms with van der Waals surface area (Å²) in [4.78, 5) is 35.0. The monoisotopic (exact) mass is 248 g/mol. The number of nitrogens with zero attached hydrogens (tertiary/aromatic N) is 2. The van der Waals surface area contributed by atoms with E-state index in [9.17, 15) is 19.7 Å². The van der Waals surface area contributed by atoms with E-state index in [1.54, 1.807) is 13.8 Å². The Kier molecular flexibility index (Phi) is 2.65. The molecule has 0 unspecified atom stereocenters. The third-order valence-electron chi connectivity index (χ3n) is 2.92. The van der Waals surface area contributed by atoms with Crippen molar-refractivity contribution in [3.8, 4) is 0 Å². The van der Waals surface area contributed by atoms with Crippen molar-refractivity contribution in [1.82, 2.24) is 0 Å². The van der Waals surface area contributed by atoms with Crippen LogP contribution in [0.5, 0.6) is 0 Å². The van der Waals surface area contributed by atoms with Gasteiger partial charge in [-0.05, 0) is 6.07 Å². The Bertz CT molecular complexity index is 551. The maximum absolute atomic E-state index is 12.1. The lowest BCUT2D eigenvalue weighted by molar-refractivity contribution is -0.384. The highest BCUT2D eigenvalue weighted by molar-refractivity contribution is 6.22. The zero-order valence-electron chi connectivity index (χ0n) is 10.0. The quantitative estimate of drug-likeness (QED) is 0.454. The molecule has 2 rings (SSSR count). The highest BCUT2D eigenvalue weighted by Gasteiger charge is 2.45. The molecule has 2 amide bonds. The number of nitro benzene ring substituents is 1. The van der Waals surface area contributed by atoms with Gasteiger partial charge >= 0.3 is 0 Å². The van der Waals surface area contributed by atoms with Gasteiger partial charge in [0.1, 0.15) is 0 Å². The van der Waals surface area contributed by atoms with E-state index in [1.807, 2.05) is 0 Å². The largest absolute Gasteiger partial charge is 0.274 e. The minimum absolute atomic E-state index is 0.120. The number of nitro groups is 1. The van der Waals surface area contributed by atoms with E-state index in [1.165, 1.54) is 24.3 Å². The molecular weight excluding hydrogens is 236 g/mol. The van der Waals surface area contributed by atoms with Crippen molar-refractivity contribution in [2.45, 2.75) is 20.3 Å². The normalized spacial score (nSPS) is 18.2. The number of benzene rings is 1. The highest BCUT2D eigenvalue weighted by Crippen LogP contribution is 2.35. The molecule has 6 nitrogen and oxygen atoms in total. The van der Waals surface area contributed by atoms with Crippen LogP contribution in [0.4, 0.5) is 11.4 Å². The Hall–Kier alpha value is -2.24. The fraction of sp³-hybridized carbons (Fsp3) is 0.333. The molecule has 0 aromatic heterocycles. The summed E-state index contributed by atoms with van der Waals surface area (Å²) in [6.45, 7) is 3.37. The predicted molar refractivity (Wildman–Crippen MR) is 64.0 cm³/mol. The van der Waals surface area contributed by atoms with Crippen LogP contribution < -0.4 is 4.90 Å². The first-order chi connectivity index (χ1) is 8.33. The lowest BCUT2D eigenvalue weighted by Gasteiger charge is -2.17. The lowest BCUT2D eigenvalue weighted by Crippen LogP contribution is -2.32.